The largest absolute Gasteiger partial charge is 0.493 e. The number of carbonyl (C=O) groups is 2. The second kappa shape index (κ2) is 7.72. The van der Waals surface area contributed by atoms with Crippen LogP contribution in [0.1, 0.15) is 22.3 Å². The van der Waals surface area contributed by atoms with Gasteiger partial charge in [-0.2, -0.15) is 0 Å². The lowest BCUT2D eigenvalue weighted by Gasteiger charge is -2.22. The minimum atomic E-state index is -0.207. The molecule has 0 spiro atoms. The highest BCUT2D eigenvalue weighted by Crippen LogP contribution is 2.26. The van der Waals surface area contributed by atoms with Gasteiger partial charge in [0.15, 0.2) is 0 Å². The Hall–Kier alpha value is -3.34. The number of ether oxygens (including phenoxy) is 1. The number of anilines is 1. The predicted molar refractivity (Wildman–Crippen MR) is 110 cm³/mol. The maximum Gasteiger partial charge on any atom is 0.253 e. The van der Waals surface area contributed by atoms with Gasteiger partial charge in [0.05, 0.1) is 24.4 Å². The third-order valence-corrected chi connectivity index (χ3v) is 4.92. The van der Waals surface area contributed by atoms with E-state index < -0.39 is 0 Å². The van der Waals surface area contributed by atoms with E-state index in [0.29, 0.717) is 30.8 Å². The summed E-state index contributed by atoms with van der Waals surface area (Å²) in [5.74, 6) is 0.524. The summed E-state index contributed by atoms with van der Waals surface area (Å²) in [7, 11) is 0. The van der Waals surface area contributed by atoms with Crippen LogP contribution in [-0.4, -0.2) is 31.5 Å². The second-order valence-electron chi connectivity index (χ2n) is 6.93. The molecule has 2 amide bonds. The summed E-state index contributed by atoms with van der Waals surface area (Å²) in [6, 6.07) is 19.7. The molecule has 0 aliphatic carbocycles. The molecule has 0 saturated heterocycles. The van der Waals surface area contributed by atoms with Crippen LogP contribution in [0.2, 0.25) is 0 Å². The summed E-state index contributed by atoms with van der Waals surface area (Å²) in [6.07, 6.45) is 0.663. The molecule has 142 valence electrons. The van der Waals surface area contributed by atoms with Gasteiger partial charge >= 0.3 is 0 Å². The first kappa shape index (κ1) is 18.0. The number of carbonyl (C=O) groups excluding carboxylic acids is 2. The standard InChI is InChI=1S/C23H22N2O3/c1-16-10-11-20-19(14-16)23(27)24-15-22(26)25(20)12-5-13-28-21-9-4-7-17-6-2-3-8-18(17)21/h2-4,6-11,14H,5,12-13,15H2,1H3,(H,24,27). The Balaban J connectivity index is 1.46. The fourth-order valence-electron chi connectivity index (χ4n) is 3.52. The summed E-state index contributed by atoms with van der Waals surface area (Å²) < 4.78 is 5.98. The van der Waals surface area contributed by atoms with Crippen molar-refractivity contribution in [1.29, 1.82) is 0 Å². The number of nitrogens with one attached hydrogen (secondary N) is 1. The number of hydrogen-bond donors (Lipinski definition) is 1. The Morgan fingerprint density at radius 1 is 1.04 bits per heavy atom. The molecule has 0 radical (unpaired) electrons. The highest BCUT2D eigenvalue weighted by Gasteiger charge is 2.26. The SMILES string of the molecule is Cc1ccc2c(c1)C(=O)NCC(=O)N2CCCOc1cccc2ccccc12. The minimum absolute atomic E-state index is 0.0107. The molecule has 28 heavy (non-hydrogen) atoms. The van der Waals surface area contributed by atoms with Gasteiger partial charge in [-0.15, -0.1) is 0 Å². The topological polar surface area (TPSA) is 58.6 Å². The third kappa shape index (κ3) is 3.56. The van der Waals surface area contributed by atoms with Gasteiger partial charge in [0, 0.05) is 11.9 Å². The van der Waals surface area contributed by atoms with Gasteiger partial charge in [0.25, 0.3) is 5.91 Å². The Morgan fingerprint density at radius 2 is 1.86 bits per heavy atom. The molecule has 0 bridgehead atoms. The van der Waals surface area contributed by atoms with E-state index in [9.17, 15) is 9.59 Å². The number of benzene rings is 3. The van der Waals surface area contributed by atoms with Crippen LogP contribution in [0.25, 0.3) is 10.8 Å². The van der Waals surface area contributed by atoms with Crippen LogP contribution in [-0.2, 0) is 4.79 Å². The van der Waals surface area contributed by atoms with Gasteiger partial charge in [-0.25, -0.2) is 0 Å². The Bertz CT molecular complexity index is 1040. The van der Waals surface area contributed by atoms with Crippen molar-refractivity contribution in [3.63, 3.8) is 0 Å². The molecular formula is C23H22N2O3. The van der Waals surface area contributed by atoms with Gasteiger partial charge in [-0.05, 0) is 36.9 Å². The van der Waals surface area contributed by atoms with Gasteiger partial charge < -0.3 is 15.0 Å². The first-order valence-electron chi connectivity index (χ1n) is 9.43. The predicted octanol–water partition coefficient (Wildman–Crippen LogP) is 3.69. The molecule has 4 rings (SSSR count). The van der Waals surface area contributed by atoms with Gasteiger partial charge in [-0.1, -0.05) is 48.0 Å². The van der Waals surface area contributed by atoms with Gasteiger partial charge in [0.1, 0.15) is 5.75 Å². The van der Waals surface area contributed by atoms with Crippen LogP contribution in [0.3, 0.4) is 0 Å². The first-order valence-corrected chi connectivity index (χ1v) is 9.43. The van der Waals surface area contributed by atoms with Gasteiger partial charge in [0.2, 0.25) is 5.91 Å². The molecule has 0 fully saturated rings. The molecule has 1 aliphatic rings. The minimum Gasteiger partial charge on any atom is -0.493 e. The van der Waals surface area contributed by atoms with E-state index >= 15 is 0 Å². The zero-order chi connectivity index (χ0) is 19.5. The molecule has 0 aromatic heterocycles. The molecule has 0 saturated carbocycles. The summed E-state index contributed by atoms with van der Waals surface area (Å²) in [5, 5.41) is 4.89. The lowest BCUT2D eigenvalue weighted by molar-refractivity contribution is -0.117. The Labute approximate surface area is 163 Å². The van der Waals surface area contributed by atoms with E-state index in [4.69, 9.17) is 4.74 Å². The molecule has 1 aliphatic heterocycles. The quantitative estimate of drug-likeness (QED) is 0.693. The summed E-state index contributed by atoms with van der Waals surface area (Å²) in [4.78, 5) is 26.5. The average Bonchev–Trinajstić information content (AvgIpc) is 2.82. The van der Waals surface area contributed by atoms with Crippen molar-refractivity contribution in [2.24, 2.45) is 0 Å². The first-order chi connectivity index (χ1) is 13.6. The number of rotatable bonds is 5. The van der Waals surface area contributed by atoms with Crippen LogP contribution < -0.4 is 15.0 Å². The van der Waals surface area contributed by atoms with E-state index in [1.807, 2.05) is 55.5 Å². The van der Waals surface area contributed by atoms with Crippen LogP contribution in [0.15, 0.2) is 60.7 Å². The van der Waals surface area contributed by atoms with Crippen molar-refractivity contribution < 1.29 is 14.3 Å². The van der Waals surface area contributed by atoms with Crippen LogP contribution in [0, 0.1) is 6.92 Å². The maximum atomic E-state index is 12.5. The van der Waals surface area contributed by atoms with E-state index in [0.717, 1.165) is 22.1 Å². The van der Waals surface area contributed by atoms with Crippen LogP contribution in [0.5, 0.6) is 5.75 Å². The summed E-state index contributed by atoms with van der Waals surface area (Å²) in [5.41, 5.74) is 2.19. The number of hydrogen-bond acceptors (Lipinski definition) is 3. The zero-order valence-electron chi connectivity index (χ0n) is 15.8. The fourth-order valence-corrected chi connectivity index (χ4v) is 3.52. The molecule has 5 heteroatoms. The third-order valence-electron chi connectivity index (χ3n) is 4.92. The smallest absolute Gasteiger partial charge is 0.253 e. The monoisotopic (exact) mass is 374 g/mol. The van der Waals surface area contributed by atoms with Crippen molar-refractivity contribution in [3.8, 4) is 5.75 Å². The molecule has 3 aromatic carbocycles. The maximum absolute atomic E-state index is 12.5. The van der Waals surface area contributed by atoms with Crippen LogP contribution >= 0.6 is 0 Å². The Kier molecular flexibility index (Phi) is 4.98. The molecular weight excluding hydrogens is 352 g/mol. The highest BCUT2D eigenvalue weighted by atomic mass is 16.5. The number of amides is 2. The van der Waals surface area contributed by atoms with Crippen molar-refractivity contribution in [1.82, 2.24) is 5.32 Å². The van der Waals surface area contributed by atoms with Crippen molar-refractivity contribution in [2.75, 3.05) is 24.6 Å². The van der Waals surface area contributed by atoms with Crippen molar-refractivity contribution in [2.45, 2.75) is 13.3 Å². The summed E-state index contributed by atoms with van der Waals surface area (Å²) in [6.45, 7) is 2.92. The van der Waals surface area contributed by atoms with E-state index in [-0.39, 0.29) is 18.4 Å². The lowest BCUT2D eigenvalue weighted by atomic mass is 10.1. The number of fused-ring (bicyclic) bond motifs is 2. The van der Waals surface area contributed by atoms with E-state index in [1.54, 1.807) is 4.90 Å². The van der Waals surface area contributed by atoms with E-state index in [2.05, 4.69) is 17.4 Å². The number of aryl methyl sites for hydroxylation is 1. The van der Waals surface area contributed by atoms with Gasteiger partial charge in [-0.3, -0.25) is 9.59 Å². The zero-order valence-corrected chi connectivity index (χ0v) is 15.8. The Morgan fingerprint density at radius 3 is 2.75 bits per heavy atom. The molecule has 3 aromatic rings. The van der Waals surface area contributed by atoms with Crippen molar-refractivity contribution in [3.05, 3.63) is 71.8 Å². The summed E-state index contributed by atoms with van der Waals surface area (Å²) >= 11 is 0. The van der Waals surface area contributed by atoms with Crippen LogP contribution in [0.4, 0.5) is 5.69 Å². The molecule has 1 N–H and O–H groups in total. The van der Waals surface area contributed by atoms with Crippen molar-refractivity contribution >= 4 is 28.3 Å². The molecule has 0 atom stereocenters. The molecule has 1 heterocycles. The molecule has 0 unspecified atom stereocenters. The fraction of sp³-hybridized carbons (Fsp3) is 0.217. The highest BCUT2D eigenvalue weighted by molar-refractivity contribution is 6.09. The number of nitrogens with zero attached hydrogens (tertiary/aromatic N) is 1. The second-order valence-corrected chi connectivity index (χ2v) is 6.93. The van der Waals surface area contributed by atoms with E-state index in [1.165, 1.54) is 0 Å². The molecule has 5 nitrogen and oxygen atoms in total. The normalized spacial score (nSPS) is 13.8. The average molecular weight is 374 g/mol. The lowest BCUT2D eigenvalue weighted by Crippen LogP contribution is -2.37.